The quantitative estimate of drug-likeness (QED) is 0.927. The van der Waals surface area contributed by atoms with Crippen molar-refractivity contribution in [2.24, 2.45) is 0 Å². The van der Waals surface area contributed by atoms with E-state index in [1.54, 1.807) is 36.2 Å². The molecule has 1 aromatic carbocycles. The molecule has 2 rings (SSSR count). The number of benzene rings is 1. The number of pyridine rings is 1. The molecule has 0 atom stereocenters. The van der Waals surface area contributed by atoms with Crippen LogP contribution in [0.4, 0.5) is 15.9 Å². The van der Waals surface area contributed by atoms with Crippen molar-refractivity contribution in [3.63, 3.8) is 0 Å². The van der Waals surface area contributed by atoms with Gasteiger partial charge < -0.3 is 10.6 Å². The maximum Gasteiger partial charge on any atom is 0.151 e. The van der Waals surface area contributed by atoms with Gasteiger partial charge in [0.15, 0.2) is 5.82 Å². The molecule has 5 heteroatoms. The maximum absolute atomic E-state index is 13.5. The van der Waals surface area contributed by atoms with Crippen molar-refractivity contribution in [2.45, 2.75) is 6.54 Å². The highest BCUT2D eigenvalue weighted by atomic mass is 35.5. The molecule has 0 aliphatic carbocycles. The molecule has 0 aliphatic rings. The van der Waals surface area contributed by atoms with Gasteiger partial charge in [-0.1, -0.05) is 29.8 Å². The van der Waals surface area contributed by atoms with Crippen LogP contribution in [0.5, 0.6) is 0 Å². The highest BCUT2D eigenvalue weighted by Crippen LogP contribution is 2.24. The van der Waals surface area contributed by atoms with Gasteiger partial charge in [-0.2, -0.15) is 0 Å². The zero-order valence-electron chi connectivity index (χ0n) is 9.90. The number of aromatic nitrogens is 1. The summed E-state index contributed by atoms with van der Waals surface area (Å²) in [6.07, 6.45) is 1.52. The van der Waals surface area contributed by atoms with Crippen LogP contribution in [-0.2, 0) is 6.54 Å². The standard InChI is InChI=1S/C13H13ClFN3/c1-18(8-9-4-2-3-5-11(9)15)13-12(16)6-10(14)7-17-13/h2-7H,8,16H2,1H3. The molecule has 0 bridgehead atoms. The van der Waals surface area contributed by atoms with Crippen LogP contribution in [0.15, 0.2) is 36.5 Å². The Morgan fingerprint density at radius 2 is 2.11 bits per heavy atom. The van der Waals surface area contributed by atoms with Crippen LogP contribution >= 0.6 is 11.6 Å². The molecule has 94 valence electrons. The van der Waals surface area contributed by atoms with Gasteiger partial charge in [-0.15, -0.1) is 0 Å². The average Bonchev–Trinajstić information content (AvgIpc) is 2.32. The van der Waals surface area contributed by atoms with Gasteiger partial charge in [0, 0.05) is 25.4 Å². The number of hydrogen-bond donors (Lipinski definition) is 1. The monoisotopic (exact) mass is 265 g/mol. The zero-order valence-corrected chi connectivity index (χ0v) is 10.7. The lowest BCUT2D eigenvalue weighted by atomic mass is 10.2. The third-order valence-electron chi connectivity index (χ3n) is 2.59. The smallest absolute Gasteiger partial charge is 0.151 e. The van der Waals surface area contributed by atoms with E-state index >= 15 is 0 Å². The van der Waals surface area contributed by atoms with Crippen LogP contribution in [0.25, 0.3) is 0 Å². The van der Waals surface area contributed by atoms with Gasteiger partial charge in [0.05, 0.1) is 10.7 Å². The fraction of sp³-hybridized carbons (Fsp3) is 0.154. The zero-order chi connectivity index (χ0) is 13.1. The van der Waals surface area contributed by atoms with Crippen molar-refractivity contribution >= 4 is 23.1 Å². The molecule has 0 unspecified atom stereocenters. The molecule has 0 fully saturated rings. The highest BCUT2D eigenvalue weighted by molar-refractivity contribution is 6.30. The Labute approximate surface area is 110 Å². The molecule has 0 radical (unpaired) electrons. The first-order valence-corrected chi connectivity index (χ1v) is 5.81. The fourth-order valence-corrected chi connectivity index (χ4v) is 1.89. The number of hydrogen-bond acceptors (Lipinski definition) is 3. The van der Waals surface area contributed by atoms with E-state index in [0.29, 0.717) is 28.6 Å². The van der Waals surface area contributed by atoms with Crippen molar-refractivity contribution in [3.8, 4) is 0 Å². The largest absolute Gasteiger partial charge is 0.396 e. The predicted molar refractivity (Wildman–Crippen MR) is 72.2 cm³/mol. The predicted octanol–water partition coefficient (Wildman–Crippen LogP) is 3.09. The number of nitrogens with two attached hydrogens (primary N) is 1. The first-order valence-electron chi connectivity index (χ1n) is 5.43. The summed E-state index contributed by atoms with van der Waals surface area (Å²) in [7, 11) is 1.80. The molecule has 0 saturated heterocycles. The van der Waals surface area contributed by atoms with E-state index in [-0.39, 0.29) is 5.82 Å². The molecule has 0 amide bonds. The summed E-state index contributed by atoms with van der Waals surface area (Å²) < 4.78 is 13.5. The van der Waals surface area contributed by atoms with Crippen LogP contribution in [0.3, 0.4) is 0 Å². The molecular weight excluding hydrogens is 253 g/mol. The lowest BCUT2D eigenvalue weighted by Gasteiger charge is -2.20. The van der Waals surface area contributed by atoms with E-state index in [1.165, 1.54) is 12.3 Å². The van der Waals surface area contributed by atoms with Crippen LogP contribution in [0.1, 0.15) is 5.56 Å². The van der Waals surface area contributed by atoms with E-state index < -0.39 is 0 Å². The Bertz CT molecular complexity index is 560. The van der Waals surface area contributed by atoms with Crippen molar-refractivity contribution in [3.05, 3.63) is 52.9 Å². The summed E-state index contributed by atoms with van der Waals surface area (Å²) in [6, 6.07) is 8.25. The number of anilines is 2. The first-order chi connectivity index (χ1) is 8.58. The van der Waals surface area contributed by atoms with Crippen LogP contribution < -0.4 is 10.6 Å². The van der Waals surface area contributed by atoms with Gasteiger partial charge in [0.25, 0.3) is 0 Å². The Kier molecular flexibility index (Phi) is 3.67. The second kappa shape index (κ2) is 5.23. The maximum atomic E-state index is 13.5. The molecule has 2 N–H and O–H groups in total. The molecule has 0 saturated carbocycles. The summed E-state index contributed by atoms with van der Waals surface area (Å²) in [5.41, 5.74) is 6.90. The summed E-state index contributed by atoms with van der Waals surface area (Å²) in [4.78, 5) is 5.93. The second-order valence-electron chi connectivity index (χ2n) is 4.01. The van der Waals surface area contributed by atoms with Crippen molar-refractivity contribution in [1.29, 1.82) is 0 Å². The topological polar surface area (TPSA) is 42.2 Å². The Balaban J connectivity index is 2.22. The van der Waals surface area contributed by atoms with Gasteiger partial charge in [-0.25, -0.2) is 9.37 Å². The van der Waals surface area contributed by atoms with Gasteiger partial charge in [-0.05, 0) is 12.1 Å². The summed E-state index contributed by atoms with van der Waals surface area (Å²) in [6.45, 7) is 0.394. The molecule has 18 heavy (non-hydrogen) atoms. The van der Waals surface area contributed by atoms with Gasteiger partial charge in [0.2, 0.25) is 0 Å². The Hall–Kier alpha value is -1.81. The summed E-state index contributed by atoms with van der Waals surface area (Å²) in [5.74, 6) is 0.347. The van der Waals surface area contributed by atoms with E-state index in [9.17, 15) is 4.39 Å². The molecule has 2 aromatic rings. The normalized spacial score (nSPS) is 10.4. The Morgan fingerprint density at radius 1 is 1.39 bits per heavy atom. The van der Waals surface area contributed by atoms with Crippen molar-refractivity contribution in [2.75, 3.05) is 17.7 Å². The molecule has 0 spiro atoms. The van der Waals surface area contributed by atoms with E-state index in [0.717, 1.165) is 0 Å². The lowest BCUT2D eigenvalue weighted by Crippen LogP contribution is -2.19. The fourth-order valence-electron chi connectivity index (χ4n) is 1.72. The minimum Gasteiger partial charge on any atom is -0.396 e. The molecular formula is C13H13ClFN3. The number of rotatable bonds is 3. The highest BCUT2D eigenvalue weighted by Gasteiger charge is 2.10. The third-order valence-corrected chi connectivity index (χ3v) is 2.80. The average molecular weight is 266 g/mol. The van der Waals surface area contributed by atoms with Crippen molar-refractivity contribution in [1.82, 2.24) is 4.98 Å². The number of nitrogen functional groups attached to an aromatic ring is 1. The first kappa shape index (κ1) is 12.6. The SMILES string of the molecule is CN(Cc1ccccc1F)c1ncc(Cl)cc1N. The summed E-state index contributed by atoms with van der Waals surface area (Å²) in [5, 5.41) is 0.482. The molecule has 1 heterocycles. The van der Waals surface area contributed by atoms with Crippen LogP contribution in [0, 0.1) is 5.82 Å². The summed E-state index contributed by atoms with van der Waals surface area (Å²) >= 11 is 5.79. The number of halogens is 2. The van der Waals surface area contributed by atoms with E-state index in [4.69, 9.17) is 17.3 Å². The van der Waals surface area contributed by atoms with E-state index in [1.807, 2.05) is 0 Å². The van der Waals surface area contributed by atoms with Gasteiger partial charge >= 0.3 is 0 Å². The molecule has 0 aliphatic heterocycles. The van der Waals surface area contributed by atoms with Crippen LogP contribution in [-0.4, -0.2) is 12.0 Å². The lowest BCUT2D eigenvalue weighted by molar-refractivity contribution is 0.607. The third kappa shape index (κ3) is 2.71. The molecule has 1 aromatic heterocycles. The second-order valence-corrected chi connectivity index (χ2v) is 4.45. The van der Waals surface area contributed by atoms with Gasteiger partial charge in [0.1, 0.15) is 5.82 Å². The minimum atomic E-state index is -0.239. The molecule has 3 nitrogen and oxygen atoms in total. The Morgan fingerprint density at radius 3 is 2.78 bits per heavy atom. The minimum absolute atomic E-state index is 0.239. The van der Waals surface area contributed by atoms with E-state index in [2.05, 4.69) is 4.98 Å². The van der Waals surface area contributed by atoms with Crippen LogP contribution in [0.2, 0.25) is 5.02 Å². The number of nitrogens with zero attached hydrogens (tertiary/aromatic N) is 2. The van der Waals surface area contributed by atoms with Gasteiger partial charge in [-0.3, -0.25) is 0 Å². The van der Waals surface area contributed by atoms with Crippen molar-refractivity contribution < 1.29 is 4.39 Å².